The van der Waals surface area contributed by atoms with Gasteiger partial charge in [0.2, 0.25) is 0 Å². The molecule has 0 saturated carbocycles. The molecule has 1 atom stereocenters. The summed E-state index contributed by atoms with van der Waals surface area (Å²) in [4.78, 5) is 33.7. The van der Waals surface area contributed by atoms with Crippen LogP contribution in [0.15, 0.2) is 74.1 Å². The maximum absolute atomic E-state index is 13.6. The predicted octanol–water partition coefficient (Wildman–Crippen LogP) is 3.63. The summed E-state index contributed by atoms with van der Waals surface area (Å²) < 4.78 is 8.44. The van der Waals surface area contributed by atoms with Gasteiger partial charge in [0.25, 0.3) is 5.56 Å². The number of anilines is 1. The topological polar surface area (TPSA) is 63.9 Å². The first-order valence-electron chi connectivity index (χ1n) is 10.5. The smallest absolute Gasteiger partial charge is 0.338 e. The summed E-state index contributed by atoms with van der Waals surface area (Å²) >= 11 is 4.79. The first-order chi connectivity index (χ1) is 15.8. The monoisotopic (exact) mass is 525 g/mol. The molecule has 6 nitrogen and oxygen atoms in total. The molecule has 0 unspecified atom stereocenters. The first-order valence-corrected chi connectivity index (χ1v) is 12.1. The van der Waals surface area contributed by atoms with Crippen LogP contribution in [0.25, 0.3) is 6.08 Å². The Bertz CT molecular complexity index is 1420. The van der Waals surface area contributed by atoms with Crippen molar-refractivity contribution < 1.29 is 9.53 Å². The Morgan fingerprint density at radius 1 is 1.24 bits per heavy atom. The number of benzene rings is 2. The molecule has 1 aliphatic rings. The Balaban J connectivity index is 1.94. The number of hydrogen-bond donors (Lipinski definition) is 0. The molecular weight excluding hydrogens is 502 g/mol. The van der Waals surface area contributed by atoms with Gasteiger partial charge in [-0.2, -0.15) is 0 Å². The summed E-state index contributed by atoms with van der Waals surface area (Å²) in [5.74, 6) is -0.457. The third-order valence-corrected chi connectivity index (χ3v) is 6.86. The highest BCUT2D eigenvalue weighted by Gasteiger charge is 2.33. The summed E-state index contributed by atoms with van der Waals surface area (Å²) in [6.07, 6.45) is 1.85. The van der Waals surface area contributed by atoms with Crippen molar-refractivity contribution in [1.29, 1.82) is 0 Å². The molecule has 2 aromatic carbocycles. The molecule has 33 heavy (non-hydrogen) atoms. The fourth-order valence-corrected chi connectivity index (χ4v) is 5.27. The Morgan fingerprint density at radius 2 is 1.97 bits per heavy atom. The molecule has 0 amide bonds. The molecule has 3 aromatic rings. The molecule has 1 aliphatic heterocycles. The van der Waals surface area contributed by atoms with Gasteiger partial charge in [-0.05, 0) is 55.3 Å². The SMILES string of the molecule is CCOC(=O)C1=C(C)N=c2s/c(=C\c3cccc(Br)c3)c(=O)n2[C@@H]1c1ccc(N(C)C)cc1. The first kappa shape index (κ1) is 23.2. The molecule has 1 aromatic heterocycles. The Kier molecular flexibility index (Phi) is 6.67. The van der Waals surface area contributed by atoms with Crippen LogP contribution in [-0.4, -0.2) is 31.2 Å². The van der Waals surface area contributed by atoms with Crippen molar-refractivity contribution in [3.8, 4) is 0 Å². The number of hydrogen-bond acceptors (Lipinski definition) is 6. The van der Waals surface area contributed by atoms with Crippen molar-refractivity contribution >= 4 is 45.0 Å². The van der Waals surface area contributed by atoms with E-state index in [2.05, 4.69) is 20.9 Å². The Labute approximate surface area is 204 Å². The van der Waals surface area contributed by atoms with Gasteiger partial charge < -0.3 is 9.64 Å². The third kappa shape index (κ3) is 4.58. The van der Waals surface area contributed by atoms with Gasteiger partial charge in [-0.25, -0.2) is 9.79 Å². The minimum Gasteiger partial charge on any atom is -0.463 e. The third-order valence-electron chi connectivity index (χ3n) is 5.39. The van der Waals surface area contributed by atoms with Gasteiger partial charge in [-0.15, -0.1) is 0 Å². The van der Waals surface area contributed by atoms with Crippen molar-refractivity contribution in [3.63, 3.8) is 0 Å². The minimum atomic E-state index is -0.610. The molecule has 0 bridgehead atoms. The molecule has 0 N–H and O–H groups in total. The number of carbonyl (C=O) groups is 1. The second-order valence-electron chi connectivity index (χ2n) is 7.84. The van der Waals surface area contributed by atoms with E-state index in [1.807, 2.05) is 73.6 Å². The van der Waals surface area contributed by atoms with E-state index in [-0.39, 0.29) is 12.2 Å². The van der Waals surface area contributed by atoms with E-state index in [1.165, 1.54) is 11.3 Å². The number of rotatable bonds is 5. The van der Waals surface area contributed by atoms with E-state index in [0.29, 0.717) is 20.6 Å². The summed E-state index contributed by atoms with van der Waals surface area (Å²) in [5, 5.41) is 0. The number of esters is 1. The van der Waals surface area contributed by atoms with Crippen molar-refractivity contribution in [2.24, 2.45) is 4.99 Å². The van der Waals surface area contributed by atoms with E-state index in [1.54, 1.807) is 18.4 Å². The average Bonchev–Trinajstić information content (AvgIpc) is 3.07. The molecule has 0 spiro atoms. The minimum absolute atomic E-state index is 0.185. The Morgan fingerprint density at radius 3 is 2.61 bits per heavy atom. The van der Waals surface area contributed by atoms with Crippen LogP contribution in [0.5, 0.6) is 0 Å². The van der Waals surface area contributed by atoms with Gasteiger partial charge >= 0.3 is 5.97 Å². The summed E-state index contributed by atoms with van der Waals surface area (Å²) in [5.41, 5.74) is 3.52. The largest absolute Gasteiger partial charge is 0.463 e. The second-order valence-corrected chi connectivity index (χ2v) is 9.77. The number of aromatic nitrogens is 1. The van der Waals surface area contributed by atoms with Crippen LogP contribution >= 0.6 is 27.3 Å². The zero-order chi connectivity index (χ0) is 23.7. The molecule has 8 heteroatoms. The van der Waals surface area contributed by atoms with Crippen molar-refractivity contribution in [2.45, 2.75) is 19.9 Å². The highest BCUT2D eigenvalue weighted by Crippen LogP contribution is 2.31. The van der Waals surface area contributed by atoms with E-state index in [9.17, 15) is 9.59 Å². The van der Waals surface area contributed by atoms with Gasteiger partial charge in [-0.3, -0.25) is 9.36 Å². The number of ether oxygens (including phenoxy) is 1. The van der Waals surface area contributed by atoms with Gasteiger partial charge in [0.15, 0.2) is 4.80 Å². The quantitative estimate of drug-likeness (QED) is 0.477. The molecule has 2 heterocycles. The Hall–Kier alpha value is -2.97. The van der Waals surface area contributed by atoms with Gasteiger partial charge in [-0.1, -0.05) is 51.5 Å². The lowest BCUT2D eigenvalue weighted by Gasteiger charge is -2.25. The molecular formula is C25H24BrN3O3S. The lowest BCUT2D eigenvalue weighted by atomic mass is 9.95. The number of fused-ring (bicyclic) bond motifs is 1. The molecule has 4 rings (SSSR count). The van der Waals surface area contributed by atoms with Crippen LogP contribution in [0.1, 0.15) is 31.0 Å². The fourth-order valence-electron chi connectivity index (χ4n) is 3.81. The number of halogens is 1. The standard InChI is InChI=1S/C25H24BrN3O3S/c1-5-32-24(31)21-15(2)27-25-29(22(21)17-9-11-19(12-10-17)28(3)4)23(30)20(33-25)14-16-7-6-8-18(26)13-16/h6-14,22H,5H2,1-4H3/b20-14-/t22-/m1/s1. The van der Waals surface area contributed by atoms with Crippen molar-refractivity contribution in [1.82, 2.24) is 4.57 Å². The highest BCUT2D eigenvalue weighted by molar-refractivity contribution is 9.10. The van der Waals surface area contributed by atoms with Crippen LogP contribution < -0.4 is 19.8 Å². The molecule has 0 radical (unpaired) electrons. The highest BCUT2D eigenvalue weighted by atomic mass is 79.9. The van der Waals surface area contributed by atoms with Crippen LogP contribution in [0, 0.1) is 0 Å². The zero-order valence-electron chi connectivity index (χ0n) is 18.8. The van der Waals surface area contributed by atoms with Gasteiger partial charge in [0.1, 0.15) is 0 Å². The average molecular weight is 526 g/mol. The van der Waals surface area contributed by atoms with Gasteiger partial charge in [0, 0.05) is 24.3 Å². The summed E-state index contributed by atoms with van der Waals surface area (Å²) in [6.45, 7) is 3.80. The normalized spacial score (nSPS) is 15.8. The molecule has 0 fully saturated rings. The van der Waals surface area contributed by atoms with Crippen molar-refractivity contribution in [3.05, 3.63) is 95.1 Å². The number of carbonyl (C=O) groups excluding carboxylic acids is 1. The second kappa shape index (κ2) is 9.49. The molecule has 0 saturated heterocycles. The van der Waals surface area contributed by atoms with Crippen LogP contribution in [0.3, 0.4) is 0 Å². The number of nitrogens with zero attached hydrogens (tertiary/aromatic N) is 3. The zero-order valence-corrected chi connectivity index (χ0v) is 21.2. The molecule has 0 aliphatic carbocycles. The van der Waals surface area contributed by atoms with E-state index in [4.69, 9.17) is 4.74 Å². The van der Waals surface area contributed by atoms with Crippen LogP contribution in [0.4, 0.5) is 5.69 Å². The van der Waals surface area contributed by atoms with E-state index in [0.717, 1.165) is 21.3 Å². The fraction of sp³-hybridized carbons (Fsp3) is 0.240. The van der Waals surface area contributed by atoms with E-state index < -0.39 is 12.0 Å². The molecule has 170 valence electrons. The number of thiazole rings is 1. The van der Waals surface area contributed by atoms with Crippen molar-refractivity contribution in [2.75, 3.05) is 25.6 Å². The maximum atomic E-state index is 13.6. The van der Waals surface area contributed by atoms with E-state index >= 15 is 0 Å². The lowest BCUT2D eigenvalue weighted by Crippen LogP contribution is -2.39. The van der Waals surface area contributed by atoms with Crippen LogP contribution in [0.2, 0.25) is 0 Å². The van der Waals surface area contributed by atoms with Crippen LogP contribution in [-0.2, 0) is 9.53 Å². The van der Waals surface area contributed by atoms with Gasteiger partial charge in [0.05, 0.1) is 28.5 Å². The summed E-state index contributed by atoms with van der Waals surface area (Å²) in [7, 11) is 3.93. The predicted molar refractivity (Wildman–Crippen MR) is 135 cm³/mol. The maximum Gasteiger partial charge on any atom is 0.338 e. The number of allylic oxidation sites excluding steroid dienone is 1. The lowest BCUT2D eigenvalue weighted by molar-refractivity contribution is -0.139. The summed E-state index contributed by atoms with van der Waals surface area (Å²) in [6, 6.07) is 15.0.